The van der Waals surface area contributed by atoms with Crippen LogP contribution in [-0.4, -0.2) is 20.7 Å². The van der Waals surface area contributed by atoms with Gasteiger partial charge in [0.05, 0.1) is 11.1 Å². The van der Waals surface area contributed by atoms with E-state index in [4.69, 9.17) is 5.11 Å². The van der Waals surface area contributed by atoms with Gasteiger partial charge in [-0.2, -0.15) is 5.26 Å². The number of carboxylic acid groups (broad SMARTS) is 1. The van der Waals surface area contributed by atoms with E-state index >= 15 is 0 Å². The largest absolute Gasteiger partial charge is 0.507 e. The molecule has 0 fully saturated rings. The maximum atomic E-state index is 11.0. The van der Waals surface area contributed by atoms with Crippen LogP contribution in [0.3, 0.4) is 0 Å². The topological polar surface area (TPSA) is 86.2 Å². The highest BCUT2D eigenvalue weighted by atomic mass is 16.4. The number of fused-ring (bicyclic) bond motifs is 1. The predicted octanol–water partition coefficient (Wildman–Crippen LogP) is 3.21. The van der Waals surface area contributed by atoms with E-state index in [9.17, 15) is 15.2 Å². The van der Waals surface area contributed by atoms with Gasteiger partial charge >= 0.3 is 5.97 Å². The van der Waals surface area contributed by atoms with Crippen LogP contribution < -0.4 is 0 Å². The van der Waals surface area contributed by atoms with Gasteiger partial charge in [-0.3, -0.25) is 0 Å². The fraction of sp³-hybridized carbons (Fsp3) is 0.0588. The van der Waals surface area contributed by atoms with E-state index in [0.29, 0.717) is 11.3 Å². The van der Waals surface area contributed by atoms with Gasteiger partial charge in [-0.25, -0.2) is 4.79 Å². The number of nitrogens with zero attached hydrogens (tertiary/aromatic N) is 2. The molecule has 0 aliphatic carbocycles. The van der Waals surface area contributed by atoms with Crippen LogP contribution in [0.5, 0.6) is 5.75 Å². The lowest BCUT2D eigenvalue weighted by Crippen LogP contribution is -1.98. The molecule has 2 aromatic carbocycles. The van der Waals surface area contributed by atoms with Crippen molar-refractivity contribution in [3.63, 3.8) is 0 Å². The summed E-state index contributed by atoms with van der Waals surface area (Å²) in [6.07, 6.45) is 1.68. The van der Waals surface area contributed by atoms with Crippen LogP contribution in [0.15, 0.2) is 42.6 Å². The van der Waals surface area contributed by atoms with Gasteiger partial charge in [-0.15, -0.1) is 0 Å². The fourth-order valence-corrected chi connectivity index (χ4v) is 2.50. The van der Waals surface area contributed by atoms with Crippen molar-refractivity contribution < 1.29 is 15.0 Å². The summed E-state index contributed by atoms with van der Waals surface area (Å²) in [7, 11) is 0. The average Bonchev–Trinajstić information content (AvgIpc) is 2.84. The molecule has 108 valence electrons. The highest BCUT2D eigenvalue weighted by Crippen LogP contribution is 2.28. The first-order valence-electron chi connectivity index (χ1n) is 6.60. The molecule has 3 rings (SSSR count). The number of nitriles is 1. The van der Waals surface area contributed by atoms with Crippen molar-refractivity contribution in [2.24, 2.45) is 0 Å². The maximum Gasteiger partial charge on any atom is 0.339 e. The van der Waals surface area contributed by atoms with Crippen LogP contribution in [0, 0.1) is 18.3 Å². The molecule has 0 unspecified atom stereocenters. The van der Waals surface area contributed by atoms with Crippen LogP contribution in [-0.2, 0) is 0 Å². The summed E-state index contributed by atoms with van der Waals surface area (Å²) in [5, 5.41) is 28.9. The molecular formula is C17H12N2O3. The van der Waals surface area contributed by atoms with Gasteiger partial charge in [0.2, 0.25) is 0 Å². The van der Waals surface area contributed by atoms with Gasteiger partial charge < -0.3 is 14.8 Å². The highest BCUT2D eigenvalue weighted by molar-refractivity contribution is 5.92. The van der Waals surface area contributed by atoms with Crippen molar-refractivity contribution in [1.29, 1.82) is 5.26 Å². The van der Waals surface area contributed by atoms with Crippen LogP contribution in [0.4, 0.5) is 0 Å². The molecule has 0 aliphatic rings. The fourth-order valence-electron chi connectivity index (χ4n) is 2.50. The number of aromatic nitrogens is 1. The molecule has 2 N–H and O–H groups in total. The Hall–Kier alpha value is -3.26. The Morgan fingerprint density at radius 3 is 2.64 bits per heavy atom. The Kier molecular flexibility index (Phi) is 3.08. The van der Waals surface area contributed by atoms with Gasteiger partial charge in [-0.1, -0.05) is 11.6 Å². The van der Waals surface area contributed by atoms with Gasteiger partial charge in [-0.05, 0) is 31.2 Å². The van der Waals surface area contributed by atoms with Crippen LogP contribution in [0.1, 0.15) is 21.5 Å². The Labute approximate surface area is 126 Å². The number of aryl methyl sites for hydroxylation is 1. The minimum Gasteiger partial charge on any atom is -0.507 e. The van der Waals surface area contributed by atoms with E-state index < -0.39 is 5.97 Å². The van der Waals surface area contributed by atoms with E-state index in [-0.39, 0.29) is 11.3 Å². The molecule has 1 heterocycles. The van der Waals surface area contributed by atoms with Crippen molar-refractivity contribution in [2.45, 2.75) is 6.92 Å². The van der Waals surface area contributed by atoms with Crippen LogP contribution in [0.25, 0.3) is 16.6 Å². The minimum atomic E-state index is -1.19. The number of benzene rings is 2. The van der Waals surface area contributed by atoms with Crippen molar-refractivity contribution >= 4 is 16.9 Å². The molecular weight excluding hydrogens is 280 g/mol. The Balaban J connectivity index is 2.25. The molecule has 0 radical (unpaired) electrons. The molecule has 0 spiro atoms. The third kappa shape index (κ3) is 2.07. The van der Waals surface area contributed by atoms with E-state index in [0.717, 1.165) is 16.5 Å². The monoisotopic (exact) mass is 292 g/mol. The van der Waals surface area contributed by atoms with E-state index in [2.05, 4.69) is 6.07 Å². The van der Waals surface area contributed by atoms with Crippen molar-refractivity contribution in [2.75, 3.05) is 0 Å². The molecule has 0 bridgehead atoms. The molecule has 22 heavy (non-hydrogen) atoms. The number of hydrogen-bond donors (Lipinski definition) is 2. The summed E-state index contributed by atoms with van der Waals surface area (Å²) in [5.41, 5.74) is 2.84. The lowest BCUT2D eigenvalue weighted by Gasteiger charge is -2.07. The second kappa shape index (κ2) is 4.93. The standard InChI is InChI=1S/C17H12N2O3/c1-10-2-5-15-14(6-10)11(8-18)9-19(15)12-3-4-13(17(21)22)16(20)7-12/h2-7,9,20H,1H3,(H,21,22). The first kappa shape index (κ1) is 13.7. The second-order valence-corrected chi connectivity index (χ2v) is 5.05. The van der Waals surface area contributed by atoms with Crippen LogP contribution >= 0.6 is 0 Å². The highest BCUT2D eigenvalue weighted by Gasteiger charge is 2.13. The Morgan fingerprint density at radius 2 is 2.00 bits per heavy atom. The first-order chi connectivity index (χ1) is 10.5. The molecule has 0 aliphatic heterocycles. The van der Waals surface area contributed by atoms with E-state index in [1.807, 2.05) is 25.1 Å². The third-order valence-corrected chi connectivity index (χ3v) is 3.57. The molecule has 1 aromatic heterocycles. The number of aromatic hydroxyl groups is 1. The number of hydrogen-bond acceptors (Lipinski definition) is 3. The van der Waals surface area contributed by atoms with Crippen molar-refractivity contribution in [3.05, 3.63) is 59.3 Å². The Bertz CT molecular complexity index is 948. The quantitative estimate of drug-likeness (QED) is 0.759. The summed E-state index contributed by atoms with van der Waals surface area (Å²) in [5.74, 6) is -1.49. The average molecular weight is 292 g/mol. The molecule has 0 saturated heterocycles. The molecule has 0 saturated carbocycles. The number of phenols is 1. The lowest BCUT2D eigenvalue weighted by molar-refractivity contribution is 0.0694. The normalized spacial score (nSPS) is 10.5. The van der Waals surface area contributed by atoms with Gasteiger partial charge in [0.25, 0.3) is 0 Å². The molecule has 0 amide bonds. The predicted molar refractivity (Wildman–Crippen MR) is 81.4 cm³/mol. The minimum absolute atomic E-state index is 0.156. The molecule has 0 atom stereocenters. The number of carboxylic acids is 1. The van der Waals surface area contributed by atoms with E-state index in [1.54, 1.807) is 16.8 Å². The SMILES string of the molecule is Cc1ccc2c(c1)c(C#N)cn2-c1ccc(C(=O)O)c(O)c1. The lowest BCUT2D eigenvalue weighted by atomic mass is 10.1. The first-order valence-corrected chi connectivity index (χ1v) is 6.60. The van der Waals surface area contributed by atoms with Crippen LogP contribution in [0.2, 0.25) is 0 Å². The van der Waals surface area contributed by atoms with Gasteiger partial charge in [0.15, 0.2) is 0 Å². The van der Waals surface area contributed by atoms with Crippen molar-refractivity contribution in [3.8, 4) is 17.5 Å². The van der Waals surface area contributed by atoms with E-state index in [1.165, 1.54) is 12.1 Å². The number of carbonyl (C=O) groups is 1. The summed E-state index contributed by atoms with van der Waals surface area (Å²) in [6.45, 7) is 1.95. The zero-order valence-corrected chi connectivity index (χ0v) is 11.7. The Morgan fingerprint density at radius 1 is 1.23 bits per heavy atom. The zero-order chi connectivity index (χ0) is 15.9. The molecule has 5 nitrogen and oxygen atoms in total. The molecule has 5 heteroatoms. The van der Waals surface area contributed by atoms with Crippen molar-refractivity contribution in [1.82, 2.24) is 4.57 Å². The second-order valence-electron chi connectivity index (χ2n) is 5.05. The van der Waals surface area contributed by atoms with Gasteiger partial charge in [0.1, 0.15) is 17.4 Å². The summed E-state index contributed by atoms with van der Waals surface area (Å²) >= 11 is 0. The summed E-state index contributed by atoms with van der Waals surface area (Å²) in [4.78, 5) is 11.0. The smallest absolute Gasteiger partial charge is 0.339 e. The zero-order valence-electron chi connectivity index (χ0n) is 11.7. The summed E-state index contributed by atoms with van der Waals surface area (Å²) < 4.78 is 1.76. The molecule has 3 aromatic rings. The maximum absolute atomic E-state index is 11.0. The van der Waals surface area contributed by atoms with Gasteiger partial charge in [0, 0.05) is 23.3 Å². The summed E-state index contributed by atoms with van der Waals surface area (Å²) in [6, 6.07) is 12.2. The number of aromatic carboxylic acids is 1. The number of rotatable bonds is 2. The third-order valence-electron chi connectivity index (χ3n) is 3.57.